The molecule has 2 aromatic rings. The number of benzene rings is 1. The molecule has 1 aromatic heterocycles. The number of rotatable bonds is 7. The normalized spacial score (nSPS) is 10.4. The van der Waals surface area contributed by atoms with E-state index in [0.717, 1.165) is 11.8 Å². The van der Waals surface area contributed by atoms with E-state index in [4.69, 9.17) is 9.47 Å². The summed E-state index contributed by atoms with van der Waals surface area (Å²) in [4.78, 5) is 42.3. The van der Waals surface area contributed by atoms with E-state index in [1.807, 2.05) is 0 Å². The predicted molar refractivity (Wildman–Crippen MR) is 93.6 cm³/mol. The summed E-state index contributed by atoms with van der Waals surface area (Å²) in [6, 6.07) is 6.70. The summed E-state index contributed by atoms with van der Waals surface area (Å²) >= 11 is 1.03. The number of aromatic nitrogens is 2. The van der Waals surface area contributed by atoms with Crippen molar-refractivity contribution in [2.24, 2.45) is 0 Å². The Morgan fingerprint density at radius 3 is 2.52 bits per heavy atom. The number of carbonyl (C=O) groups is 2. The first-order valence-corrected chi connectivity index (χ1v) is 8.53. The van der Waals surface area contributed by atoms with Crippen molar-refractivity contribution < 1.29 is 19.1 Å². The van der Waals surface area contributed by atoms with Crippen LogP contribution in [-0.2, 0) is 4.74 Å². The summed E-state index contributed by atoms with van der Waals surface area (Å²) in [5.41, 5.74) is 0.462. The maximum atomic E-state index is 12.3. The highest BCUT2D eigenvalue weighted by Crippen LogP contribution is 2.23. The van der Waals surface area contributed by atoms with E-state index >= 15 is 0 Å². The molecular weight excluding hydrogens is 344 g/mol. The number of ether oxygens (including phenoxy) is 2. The molecule has 0 saturated heterocycles. The van der Waals surface area contributed by atoms with E-state index < -0.39 is 11.7 Å². The van der Waals surface area contributed by atoms with Crippen LogP contribution in [0.3, 0.4) is 0 Å². The zero-order valence-electron chi connectivity index (χ0n) is 14.1. The van der Waals surface area contributed by atoms with E-state index in [9.17, 15) is 14.4 Å². The average molecular weight is 362 g/mol. The molecule has 0 amide bonds. The number of hydrogen-bond acceptors (Lipinski definition) is 7. The Morgan fingerprint density at radius 1 is 1.24 bits per heavy atom. The highest BCUT2D eigenvalue weighted by atomic mass is 32.2. The summed E-state index contributed by atoms with van der Waals surface area (Å²) in [6.07, 6.45) is 0. The molecular formula is C17H18N2O5S. The SMILES string of the molecule is CCOC(=O)c1c(SCC(=O)c2ccc(OC)cc2)nc(=O)[nH]c1C. The number of Topliss-reactive ketones (excluding diaryl/α,β-unsaturated/α-hetero) is 1. The van der Waals surface area contributed by atoms with Crippen LogP contribution in [0.5, 0.6) is 5.75 Å². The molecule has 132 valence electrons. The van der Waals surface area contributed by atoms with Crippen molar-refractivity contribution in [1.82, 2.24) is 9.97 Å². The molecule has 1 heterocycles. The number of carbonyl (C=O) groups excluding carboxylic acids is 2. The Morgan fingerprint density at radius 2 is 1.92 bits per heavy atom. The number of ketones is 1. The van der Waals surface area contributed by atoms with Gasteiger partial charge in [0.1, 0.15) is 16.3 Å². The quantitative estimate of drug-likeness (QED) is 0.349. The summed E-state index contributed by atoms with van der Waals surface area (Å²) in [5.74, 6) is -0.0414. The van der Waals surface area contributed by atoms with Crippen LogP contribution in [0.25, 0.3) is 0 Å². The van der Waals surface area contributed by atoms with Crippen LogP contribution in [0.2, 0.25) is 0 Å². The van der Waals surface area contributed by atoms with Crippen molar-refractivity contribution in [3.05, 3.63) is 51.6 Å². The third-order valence-corrected chi connectivity index (χ3v) is 4.29. The molecule has 1 N–H and O–H groups in total. The summed E-state index contributed by atoms with van der Waals surface area (Å²) < 4.78 is 10.0. The number of nitrogens with one attached hydrogen (secondary N) is 1. The van der Waals surface area contributed by atoms with Gasteiger partial charge in [-0.15, -0.1) is 0 Å². The molecule has 7 nitrogen and oxygen atoms in total. The smallest absolute Gasteiger partial charge is 0.346 e. The topological polar surface area (TPSA) is 98.3 Å². The lowest BCUT2D eigenvalue weighted by atomic mass is 10.1. The predicted octanol–water partition coefficient (Wildman–Crippen LogP) is 2.24. The van der Waals surface area contributed by atoms with E-state index in [0.29, 0.717) is 17.0 Å². The van der Waals surface area contributed by atoms with Gasteiger partial charge >= 0.3 is 11.7 Å². The van der Waals surface area contributed by atoms with Crippen molar-refractivity contribution in [3.8, 4) is 5.75 Å². The lowest BCUT2D eigenvalue weighted by molar-refractivity contribution is 0.0519. The number of H-pyrrole nitrogens is 1. The molecule has 1 aromatic carbocycles. The van der Waals surface area contributed by atoms with Crippen molar-refractivity contribution >= 4 is 23.5 Å². The number of thioether (sulfide) groups is 1. The van der Waals surface area contributed by atoms with Crippen LogP contribution in [0.4, 0.5) is 0 Å². The van der Waals surface area contributed by atoms with E-state index in [1.165, 1.54) is 0 Å². The van der Waals surface area contributed by atoms with Gasteiger partial charge in [-0.25, -0.2) is 9.59 Å². The van der Waals surface area contributed by atoms with E-state index in [1.54, 1.807) is 45.2 Å². The fourth-order valence-corrected chi connectivity index (χ4v) is 3.06. The average Bonchev–Trinajstić information content (AvgIpc) is 2.59. The van der Waals surface area contributed by atoms with E-state index in [-0.39, 0.29) is 28.7 Å². The number of methoxy groups -OCH3 is 1. The lowest BCUT2D eigenvalue weighted by Crippen LogP contribution is -2.20. The standard InChI is InChI=1S/C17H18N2O5S/c1-4-24-16(21)14-10(2)18-17(22)19-15(14)25-9-13(20)11-5-7-12(23-3)8-6-11/h5-8H,4,9H2,1-3H3,(H,18,19,22). The molecule has 2 rings (SSSR count). The summed E-state index contributed by atoms with van der Waals surface area (Å²) in [6.45, 7) is 3.48. The van der Waals surface area contributed by atoms with Gasteiger partial charge in [0, 0.05) is 11.3 Å². The molecule has 8 heteroatoms. The number of aryl methyl sites for hydroxylation is 1. The van der Waals surface area contributed by atoms with Crippen molar-refractivity contribution in [2.75, 3.05) is 19.5 Å². The van der Waals surface area contributed by atoms with Crippen LogP contribution in [-0.4, -0.2) is 41.2 Å². The number of aromatic amines is 1. The van der Waals surface area contributed by atoms with Gasteiger partial charge < -0.3 is 14.5 Å². The highest BCUT2D eigenvalue weighted by Gasteiger charge is 2.20. The van der Waals surface area contributed by atoms with E-state index in [2.05, 4.69) is 9.97 Å². The largest absolute Gasteiger partial charge is 0.497 e. The van der Waals surface area contributed by atoms with Crippen molar-refractivity contribution in [3.63, 3.8) is 0 Å². The Bertz CT molecular complexity index is 830. The second-order valence-corrected chi connectivity index (χ2v) is 5.97. The Kier molecular flexibility index (Phi) is 6.35. The zero-order valence-corrected chi connectivity index (χ0v) is 14.9. The van der Waals surface area contributed by atoms with Gasteiger partial charge in [-0.2, -0.15) is 4.98 Å². The minimum absolute atomic E-state index is 0.0363. The molecule has 0 atom stereocenters. The maximum absolute atomic E-state index is 12.3. The fourth-order valence-electron chi connectivity index (χ4n) is 2.10. The highest BCUT2D eigenvalue weighted by molar-refractivity contribution is 8.00. The molecule has 0 unspecified atom stereocenters. The summed E-state index contributed by atoms with van der Waals surface area (Å²) in [7, 11) is 1.55. The van der Waals surface area contributed by atoms with Crippen LogP contribution >= 0.6 is 11.8 Å². The first-order valence-electron chi connectivity index (χ1n) is 7.54. The number of hydrogen-bond donors (Lipinski definition) is 1. The molecule has 0 aliphatic rings. The molecule has 0 bridgehead atoms. The lowest BCUT2D eigenvalue weighted by Gasteiger charge is -2.09. The zero-order chi connectivity index (χ0) is 18.4. The van der Waals surface area contributed by atoms with Crippen LogP contribution in [0.1, 0.15) is 33.3 Å². The summed E-state index contributed by atoms with van der Waals surface area (Å²) in [5, 5.41) is 0.182. The second kappa shape index (κ2) is 8.48. The first kappa shape index (κ1) is 18.7. The molecule has 0 aliphatic heterocycles. The van der Waals surface area contributed by atoms with Gasteiger partial charge in [0.25, 0.3) is 0 Å². The van der Waals surface area contributed by atoms with Gasteiger partial charge in [0.15, 0.2) is 5.78 Å². The van der Waals surface area contributed by atoms with Crippen LogP contribution in [0, 0.1) is 6.92 Å². The molecule has 0 radical (unpaired) electrons. The monoisotopic (exact) mass is 362 g/mol. The van der Waals surface area contributed by atoms with Gasteiger partial charge in [-0.05, 0) is 38.1 Å². The number of nitrogens with zero attached hydrogens (tertiary/aromatic N) is 1. The second-order valence-electron chi connectivity index (χ2n) is 5.01. The number of esters is 1. The van der Waals surface area contributed by atoms with Gasteiger partial charge in [0.05, 0.1) is 19.5 Å². The molecule has 0 aliphatic carbocycles. The van der Waals surface area contributed by atoms with Gasteiger partial charge in [-0.3, -0.25) is 4.79 Å². The Labute approximate surface area is 148 Å². The fraction of sp³-hybridized carbons (Fsp3) is 0.294. The van der Waals surface area contributed by atoms with Crippen LogP contribution < -0.4 is 10.4 Å². The van der Waals surface area contributed by atoms with Crippen LogP contribution in [0.15, 0.2) is 34.1 Å². The first-order chi connectivity index (χ1) is 12.0. The minimum atomic E-state index is -0.580. The van der Waals surface area contributed by atoms with Gasteiger partial charge in [0.2, 0.25) is 0 Å². The molecule has 0 saturated carbocycles. The van der Waals surface area contributed by atoms with Crippen molar-refractivity contribution in [2.45, 2.75) is 18.9 Å². The minimum Gasteiger partial charge on any atom is -0.497 e. The van der Waals surface area contributed by atoms with Crippen molar-refractivity contribution in [1.29, 1.82) is 0 Å². The molecule has 0 fully saturated rings. The molecule has 25 heavy (non-hydrogen) atoms. The third kappa shape index (κ3) is 4.69. The Hall–Kier alpha value is -2.61. The molecule has 0 spiro atoms. The maximum Gasteiger partial charge on any atom is 0.346 e. The van der Waals surface area contributed by atoms with Gasteiger partial charge in [-0.1, -0.05) is 11.8 Å². The third-order valence-electron chi connectivity index (χ3n) is 3.32. The Balaban J connectivity index is 2.20.